The number of nitriles is 1. The summed E-state index contributed by atoms with van der Waals surface area (Å²) >= 11 is 0. The number of pyridine rings is 1. The number of carbonyl (C=O) groups is 1. The molecule has 0 aliphatic carbocycles. The topological polar surface area (TPSA) is 95.0 Å². The predicted octanol–water partition coefficient (Wildman–Crippen LogP) is 0.816. The van der Waals surface area contributed by atoms with Gasteiger partial charge in [0, 0.05) is 13.1 Å². The average Bonchev–Trinajstić information content (AvgIpc) is 2.38. The molecule has 0 aliphatic rings. The summed E-state index contributed by atoms with van der Waals surface area (Å²) in [6.45, 7) is 5.29. The molecule has 0 atom stereocenters. The molecule has 0 unspecified atom stereocenters. The second kappa shape index (κ2) is 6.45. The van der Waals surface area contributed by atoms with Crippen molar-refractivity contribution in [3.05, 3.63) is 17.8 Å². The van der Waals surface area contributed by atoms with E-state index in [1.54, 1.807) is 4.90 Å². The zero-order valence-electron chi connectivity index (χ0n) is 10.6. The van der Waals surface area contributed by atoms with Gasteiger partial charge in [0.1, 0.15) is 11.9 Å². The van der Waals surface area contributed by atoms with Crippen LogP contribution in [-0.2, 0) is 4.79 Å². The summed E-state index contributed by atoms with van der Waals surface area (Å²) < 4.78 is 0. The van der Waals surface area contributed by atoms with Gasteiger partial charge in [0.2, 0.25) is 5.91 Å². The van der Waals surface area contributed by atoms with Gasteiger partial charge in [0.05, 0.1) is 24.0 Å². The van der Waals surface area contributed by atoms with Crippen molar-refractivity contribution in [3.8, 4) is 6.07 Å². The summed E-state index contributed by atoms with van der Waals surface area (Å²) in [4.78, 5) is 17.5. The Kier molecular flexibility index (Phi) is 4.93. The molecule has 96 valence electrons. The van der Waals surface area contributed by atoms with Crippen molar-refractivity contribution < 1.29 is 4.79 Å². The van der Waals surface area contributed by atoms with E-state index >= 15 is 0 Å². The lowest BCUT2D eigenvalue weighted by Gasteiger charge is -2.19. The number of amides is 1. The van der Waals surface area contributed by atoms with Crippen molar-refractivity contribution in [2.75, 3.05) is 30.7 Å². The molecule has 18 heavy (non-hydrogen) atoms. The maximum Gasteiger partial charge on any atom is 0.241 e. The van der Waals surface area contributed by atoms with Crippen molar-refractivity contribution >= 4 is 17.4 Å². The van der Waals surface area contributed by atoms with Gasteiger partial charge in [-0.05, 0) is 19.9 Å². The van der Waals surface area contributed by atoms with E-state index in [0.717, 1.165) is 0 Å². The molecule has 0 aliphatic heterocycles. The predicted molar refractivity (Wildman–Crippen MR) is 69.8 cm³/mol. The van der Waals surface area contributed by atoms with Gasteiger partial charge >= 0.3 is 0 Å². The van der Waals surface area contributed by atoms with Crippen LogP contribution >= 0.6 is 0 Å². The number of aromatic nitrogens is 1. The quantitative estimate of drug-likeness (QED) is 0.803. The Balaban J connectivity index is 2.70. The molecule has 1 amide bonds. The summed E-state index contributed by atoms with van der Waals surface area (Å²) in [6, 6.07) is 3.51. The third kappa shape index (κ3) is 3.35. The zero-order chi connectivity index (χ0) is 13.5. The molecule has 0 spiro atoms. The fourth-order valence-corrected chi connectivity index (χ4v) is 1.55. The Hall–Kier alpha value is -2.29. The van der Waals surface area contributed by atoms with E-state index in [2.05, 4.69) is 10.3 Å². The van der Waals surface area contributed by atoms with E-state index in [0.29, 0.717) is 30.2 Å². The number of likely N-dealkylation sites (N-methyl/N-ethyl adjacent to an activating group) is 1. The number of carbonyl (C=O) groups excluding carboxylic acids is 1. The molecular weight excluding hydrogens is 230 g/mol. The number of nitrogen functional groups attached to an aromatic ring is 1. The van der Waals surface area contributed by atoms with Crippen LogP contribution in [0.25, 0.3) is 0 Å². The number of rotatable bonds is 5. The Bertz CT molecular complexity index is 462. The van der Waals surface area contributed by atoms with Crippen molar-refractivity contribution in [2.45, 2.75) is 13.8 Å². The molecule has 0 aromatic carbocycles. The second-order valence-electron chi connectivity index (χ2n) is 3.70. The van der Waals surface area contributed by atoms with Gasteiger partial charge in [-0.25, -0.2) is 4.98 Å². The van der Waals surface area contributed by atoms with Gasteiger partial charge in [-0.3, -0.25) is 4.79 Å². The van der Waals surface area contributed by atoms with Crippen molar-refractivity contribution in [3.63, 3.8) is 0 Å². The Morgan fingerprint density at radius 3 is 2.78 bits per heavy atom. The number of nitrogens with one attached hydrogen (secondary N) is 1. The number of anilines is 2. The molecule has 3 N–H and O–H groups in total. The third-order valence-corrected chi connectivity index (χ3v) is 2.55. The number of nitrogens with two attached hydrogens (primary N) is 1. The van der Waals surface area contributed by atoms with Gasteiger partial charge < -0.3 is 16.0 Å². The highest BCUT2D eigenvalue weighted by molar-refractivity contribution is 5.81. The van der Waals surface area contributed by atoms with E-state index in [1.165, 1.54) is 12.3 Å². The zero-order valence-corrected chi connectivity index (χ0v) is 10.6. The third-order valence-electron chi connectivity index (χ3n) is 2.55. The van der Waals surface area contributed by atoms with Crippen molar-refractivity contribution in [1.29, 1.82) is 5.26 Å². The highest BCUT2D eigenvalue weighted by Gasteiger charge is 2.11. The Morgan fingerprint density at radius 1 is 1.56 bits per heavy atom. The summed E-state index contributed by atoms with van der Waals surface area (Å²) in [5.74, 6) is 0.356. The molecule has 1 aromatic rings. The number of hydrogen-bond donors (Lipinski definition) is 2. The van der Waals surface area contributed by atoms with Crippen LogP contribution in [0.1, 0.15) is 19.4 Å². The first-order valence-corrected chi connectivity index (χ1v) is 5.79. The van der Waals surface area contributed by atoms with Crippen LogP contribution in [0.3, 0.4) is 0 Å². The molecule has 6 heteroatoms. The minimum absolute atomic E-state index is 0.0254. The van der Waals surface area contributed by atoms with Gasteiger partial charge in [0.15, 0.2) is 0 Å². The smallest absolute Gasteiger partial charge is 0.241 e. The summed E-state index contributed by atoms with van der Waals surface area (Å²) in [5.41, 5.74) is 6.29. The average molecular weight is 247 g/mol. The van der Waals surface area contributed by atoms with E-state index < -0.39 is 0 Å². The van der Waals surface area contributed by atoms with E-state index in [1.807, 2.05) is 19.9 Å². The summed E-state index contributed by atoms with van der Waals surface area (Å²) in [7, 11) is 0. The molecule has 1 heterocycles. The molecule has 0 fully saturated rings. The van der Waals surface area contributed by atoms with Crippen LogP contribution in [0.15, 0.2) is 12.3 Å². The first-order chi connectivity index (χ1) is 8.62. The fourth-order valence-electron chi connectivity index (χ4n) is 1.55. The molecule has 0 saturated heterocycles. The SMILES string of the molecule is CCN(CC)C(=O)CNc1ncc(N)cc1C#N. The van der Waals surface area contributed by atoms with E-state index in [9.17, 15) is 4.79 Å². The standard InChI is InChI=1S/C12H17N5O/c1-3-17(4-2)11(18)8-16-12-9(6-13)5-10(14)7-15-12/h5,7H,3-4,8,14H2,1-2H3,(H,15,16). The lowest BCUT2D eigenvalue weighted by atomic mass is 10.2. The Morgan fingerprint density at radius 2 is 2.22 bits per heavy atom. The molecule has 0 radical (unpaired) electrons. The largest absolute Gasteiger partial charge is 0.397 e. The van der Waals surface area contributed by atoms with Gasteiger partial charge in [0.25, 0.3) is 0 Å². The highest BCUT2D eigenvalue weighted by Crippen LogP contribution is 2.13. The first kappa shape index (κ1) is 13.8. The lowest BCUT2D eigenvalue weighted by Crippen LogP contribution is -2.35. The van der Waals surface area contributed by atoms with E-state index in [4.69, 9.17) is 11.0 Å². The van der Waals surface area contributed by atoms with Gasteiger partial charge in [-0.15, -0.1) is 0 Å². The summed E-state index contributed by atoms with van der Waals surface area (Å²) in [6.07, 6.45) is 1.45. The number of nitrogens with zero attached hydrogens (tertiary/aromatic N) is 3. The van der Waals surface area contributed by atoms with Crippen LogP contribution in [0.2, 0.25) is 0 Å². The van der Waals surface area contributed by atoms with Crippen molar-refractivity contribution in [2.24, 2.45) is 0 Å². The maximum atomic E-state index is 11.8. The van der Waals surface area contributed by atoms with Gasteiger partial charge in [-0.2, -0.15) is 5.26 Å². The first-order valence-electron chi connectivity index (χ1n) is 5.79. The van der Waals surface area contributed by atoms with Crippen LogP contribution in [0.4, 0.5) is 11.5 Å². The molecule has 0 saturated carbocycles. The van der Waals surface area contributed by atoms with Gasteiger partial charge in [-0.1, -0.05) is 0 Å². The summed E-state index contributed by atoms with van der Waals surface area (Å²) in [5, 5.41) is 11.8. The van der Waals surface area contributed by atoms with Crippen molar-refractivity contribution in [1.82, 2.24) is 9.88 Å². The van der Waals surface area contributed by atoms with E-state index in [-0.39, 0.29) is 12.5 Å². The molecule has 6 nitrogen and oxygen atoms in total. The molecule has 1 rings (SSSR count). The minimum atomic E-state index is -0.0254. The molecule has 0 bridgehead atoms. The highest BCUT2D eigenvalue weighted by atomic mass is 16.2. The Labute approximate surface area is 106 Å². The normalized spacial score (nSPS) is 9.61. The lowest BCUT2D eigenvalue weighted by molar-refractivity contribution is -0.128. The maximum absolute atomic E-state index is 11.8. The monoisotopic (exact) mass is 247 g/mol. The number of hydrogen-bond acceptors (Lipinski definition) is 5. The second-order valence-corrected chi connectivity index (χ2v) is 3.70. The fraction of sp³-hybridized carbons (Fsp3) is 0.417. The molecule has 1 aromatic heterocycles. The van der Waals surface area contributed by atoms with Crippen LogP contribution in [0, 0.1) is 11.3 Å². The minimum Gasteiger partial charge on any atom is -0.397 e. The van der Waals surface area contributed by atoms with Crippen LogP contribution in [-0.4, -0.2) is 35.4 Å². The molecular formula is C12H17N5O. The van der Waals surface area contributed by atoms with Crippen LogP contribution < -0.4 is 11.1 Å². The van der Waals surface area contributed by atoms with Crippen LogP contribution in [0.5, 0.6) is 0 Å².